The molecule has 1 saturated carbocycles. The molecule has 1 aliphatic carbocycles. The number of halogens is 1. The Hall–Kier alpha value is -1.96. The third-order valence-electron chi connectivity index (χ3n) is 3.68. The Labute approximate surface area is 111 Å². The van der Waals surface area contributed by atoms with Crippen LogP contribution < -0.4 is 5.32 Å². The van der Waals surface area contributed by atoms with Crippen molar-refractivity contribution in [3.05, 3.63) is 29.8 Å². The molecule has 1 aromatic heterocycles. The van der Waals surface area contributed by atoms with E-state index in [1.807, 2.05) is 0 Å². The number of amides is 1. The summed E-state index contributed by atoms with van der Waals surface area (Å²) < 4.78 is 12.7. The molecule has 0 aliphatic heterocycles. The van der Waals surface area contributed by atoms with E-state index in [2.05, 4.69) is 23.3 Å². The van der Waals surface area contributed by atoms with E-state index in [1.54, 1.807) is 0 Å². The summed E-state index contributed by atoms with van der Waals surface area (Å²) in [4.78, 5) is 15.5. The number of hydrogen-bond acceptors (Lipinski definition) is 3. The van der Waals surface area contributed by atoms with Gasteiger partial charge in [0, 0.05) is 6.20 Å². The molecule has 4 nitrogen and oxygen atoms in total. The Morgan fingerprint density at radius 3 is 2.74 bits per heavy atom. The van der Waals surface area contributed by atoms with Crippen molar-refractivity contribution in [1.29, 1.82) is 5.26 Å². The van der Waals surface area contributed by atoms with Gasteiger partial charge in [-0.25, -0.2) is 4.98 Å². The van der Waals surface area contributed by atoms with Gasteiger partial charge in [0.1, 0.15) is 5.54 Å². The highest BCUT2D eigenvalue weighted by Gasteiger charge is 2.35. The molecule has 1 aromatic rings. The van der Waals surface area contributed by atoms with Crippen LogP contribution in [0.15, 0.2) is 18.3 Å². The number of carbonyl (C=O) groups is 1. The molecule has 5 heteroatoms. The highest BCUT2D eigenvalue weighted by molar-refractivity contribution is 5.94. The first-order valence-electron chi connectivity index (χ1n) is 6.40. The fourth-order valence-corrected chi connectivity index (χ4v) is 2.32. The largest absolute Gasteiger partial charge is 0.334 e. The van der Waals surface area contributed by atoms with Gasteiger partial charge < -0.3 is 5.32 Å². The normalized spacial score (nSPS) is 26.5. The molecule has 1 N–H and O–H groups in total. The summed E-state index contributed by atoms with van der Waals surface area (Å²) in [5.74, 6) is -0.410. The van der Waals surface area contributed by atoms with E-state index in [4.69, 9.17) is 0 Å². The van der Waals surface area contributed by atoms with Gasteiger partial charge in [0.2, 0.25) is 5.95 Å². The average molecular weight is 261 g/mol. The monoisotopic (exact) mass is 261 g/mol. The number of aromatic nitrogens is 1. The van der Waals surface area contributed by atoms with Gasteiger partial charge in [-0.2, -0.15) is 9.65 Å². The third kappa shape index (κ3) is 3.08. The summed E-state index contributed by atoms with van der Waals surface area (Å²) in [7, 11) is 0. The van der Waals surface area contributed by atoms with Crippen LogP contribution in [0.4, 0.5) is 4.39 Å². The number of rotatable bonds is 2. The molecule has 0 spiro atoms. The molecule has 1 amide bonds. The molecule has 0 aromatic carbocycles. The molecule has 100 valence electrons. The van der Waals surface area contributed by atoms with Gasteiger partial charge in [-0.3, -0.25) is 4.79 Å². The van der Waals surface area contributed by atoms with Gasteiger partial charge in [-0.1, -0.05) is 6.92 Å². The zero-order valence-electron chi connectivity index (χ0n) is 10.8. The lowest BCUT2D eigenvalue weighted by molar-refractivity contribution is 0.0893. The maximum absolute atomic E-state index is 12.7. The second kappa shape index (κ2) is 5.35. The molecular formula is C14H16FN3O. The number of nitriles is 1. The molecule has 1 heterocycles. The first-order valence-corrected chi connectivity index (χ1v) is 6.40. The summed E-state index contributed by atoms with van der Waals surface area (Å²) in [6, 6.07) is 4.73. The van der Waals surface area contributed by atoms with E-state index >= 15 is 0 Å². The molecule has 0 saturated heterocycles. The predicted octanol–water partition coefficient (Wildman–Crippen LogP) is 2.42. The van der Waals surface area contributed by atoms with E-state index in [9.17, 15) is 14.4 Å². The summed E-state index contributed by atoms with van der Waals surface area (Å²) in [6.07, 6.45) is 4.35. The van der Waals surface area contributed by atoms with Crippen molar-refractivity contribution >= 4 is 5.91 Å². The van der Waals surface area contributed by atoms with Crippen LogP contribution in [0.3, 0.4) is 0 Å². The zero-order valence-corrected chi connectivity index (χ0v) is 10.8. The van der Waals surface area contributed by atoms with Crippen molar-refractivity contribution in [3.8, 4) is 6.07 Å². The number of pyridine rings is 1. The molecule has 0 atom stereocenters. The van der Waals surface area contributed by atoms with Crippen LogP contribution in [-0.2, 0) is 0 Å². The van der Waals surface area contributed by atoms with Crippen molar-refractivity contribution in [2.45, 2.75) is 38.1 Å². The Morgan fingerprint density at radius 1 is 1.53 bits per heavy atom. The average Bonchev–Trinajstić information content (AvgIpc) is 2.42. The fourth-order valence-electron chi connectivity index (χ4n) is 2.32. The Bertz CT molecular complexity index is 498. The van der Waals surface area contributed by atoms with Gasteiger partial charge >= 0.3 is 0 Å². The van der Waals surface area contributed by atoms with Crippen molar-refractivity contribution in [1.82, 2.24) is 10.3 Å². The van der Waals surface area contributed by atoms with Gasteiger partial charge in [-0.15, -0.1) is 0 Å². The lowest BCUT2D eigenvalue weighted by atomic mass is 9.78. The highest BCUT2D eigenvalue weighted by atomic mass is 19.1. The first-order chi connectivity index (χ1) is 9.04. The number of hydrogen-bond donors (Lipinski definition) is 1. The van der Waals surface area contributed by atoms with Gasteiger partial charge in [0.15, 0.2) is 0 Å². The molecule has 19 heavy (non-hydrogen) atoms. The number of nitrogens with zero attached hydrogens (tertiary/aromatic N) is 2. The Balaban J connectivity index is 2.09. The van der Waals surface area contributed by atoms with Gasteiger partial charge in [0.25, 0.3) is 5.91 Å². The fraction of sp³-hybridized carbons (Fsp3) is 0.500. The zero-order chi connectivity index (χ0) is 13.9. The second-order valence-electron chi connectivity index (χ2n) is 5.20. The molecular weight excluding hydrogens is 245 g/mol. The Kier molecular flexibility index (Phi) is 3.79. The van der Waals surface area contributed by atoms with Crippen LogP contribution in [0, 0.1) is 23.2 Å². The van der Waals surface area contributed by atoms with Crippen LogP contribution in [0.1, 0.15) is 43.0 Å². The first kappa shape index (κ1) is 13.5. The van der Waals surface area contributed by atoms with Crippen LogP contribution in [0.5, 0.6) is 0 Å². The topological polar surface area (TPSA) is 65.8 Å². The molecule has 2 rings (SSSR count). The van der Waals surface area contributed by atoms with Crippen molar-refractivity contribution in [2.24, 2.45) is 5.92 Å². The molecule has 0 bridgehead atoms. The third-order valence-corrected chi connectivity index (χ3v) is 3.68. The predicted molar refractivity (Wildman–Crippen MR) is 67.6 cm³/mol. The van der Waals surface area contributed by atoms with Crippen molar-refractivity contribution in [2.75, 3.05) is 0 Å². The van der Waals surface area contributed by atoms with Crippen molar-refractivity contribution < 1.29 is 9.18 Å². The summed E-state index contributed by atoms with van der Waals surface area (Å²) in [5.41, 5.74) is -0.521. The van der Waals surface area contributed by atoms with E-state index in [0.29, 0.717) is 18.8 Å². The minimum Gasteiger partial charge on any atom is -0.334 e. The smallest absolute Gasteiger partial charge is 0.254 e. The van der Waals surface area contributed by atoms with Gasteiger partial charge in [0.05, 0.1) is 11.6 Å². The molecule has 1 aliphatic rings. The molecule has 0 radical (unpaired) electrons. The lowest BCUT2D eigenvalue weighted by Gasteiger charge is -2.34. The van der Waals surface area contributed by atoms with Crippen LogP contribution in [-0.4, -0.2) is 16.4 Å². The SMILES string of the molecule is CC1CCC(C#N)(NC(=O)c2ccc(F)nc2)CC1. The standard InChI is InChI=1S/C14H16FN3O/c1-10-4-6-14(9-16,7-5-10)18-13(19)11-2-3-12(15)17-8-11/h2-3,8,10H,4-7H2,1H3,(H,18,19). The van der Waals surface area contributed by atoms with E-state index in [0.717, 1.165) is 18.9 Å². The quantitative estimate of drug-likeness (QED) is 0.831. The second-order valence-corrected chi connectivity index (χ2v) is 5.20. The van der Waals surface area contributed by atoms with E-state index in [1.165, 1.54) is 12.3 Å². The van der Waals surface area contributed by atoms with Crippen LogP contribution in [0.2, 0.25) is 0 Å². The van der Waals surface area contributed by atoms with Gasteiger partial charge in [-0.05, 0) is 43.7 Å². The lowest BCUT2D eigenvalue weighted by Crippen LogP contribution is -2.49. The number of carbonyl (C=O) groups excluding carboxylic acids is 1. The number of nitrogens with one attached hydrogen (secondary N) is 1. The molecule has 1 fully saturated rings. The summed E-state index contributed by atoms with van der Waals surface area (Å²) in [6.45, 7) is 2.15. The Morgan fingerprint density at radius 2 is 2.21 bits per heavy atom. The van der Waals surface area contributed by atoms with Crippen LogP contribution in [0.25, 0.3) is 0 Å². The maximum atomic E-state index is 12.7. The van der Waals surface area contributed by atoms with Crippen molar-refractivity contribution in [3.63, 3.8) is 0 Å². The van der Waals surface area contributed by atoms with E-state index in [-0.39, 0.29) is 11.5 Å². The molecule has 0 unspecified atom stereocenters. The summed E-state index contributed by atoms with van der Waals surface area (Å²) >= 11 is 0. The minimum atomic E-state index is -0.794. The highest BCUT2D eigenvalue weighted by Crippen LogP contribution is 2.31. The van der Waals surface area contributed by atoms with Crippen LogP contribution >= 0.6 is 0 Å². The van der Waals surface area contributed by atoms with E-state index < -0.39 is 11.5 Å². The maximum Gasteiger partial charge on any atom is 0.254 e. The summed E-state index contributed by atoms with van der Waals surface area (Å²) in [5, 5.41) is 12.1. The minimum absolute atomic E-state index is 0.273.